The van der Waals surface area contributed by atoms with Gasteiger partial charge in [-0.05, 0) is 33.3 Å². The molecule has 3 heterocycles. The molecule has 1 aromatic carbocycles. The second-order valence-corrected chi connectivity index (χ2v) is 8.14. The fourth-order valence-corrected chi connectivity index (χ4v) is 3.13. The van der Waals surface area contributed by atoms with Crippen LogP contribution in [0.5, 0.6) is 5.75 Å². The van der Waals surface area contributed by atoms with Crippen molar-refractivity contribution in [3.8, 4) is 28.7 Å². The van der Waals surface area contributed by atoms with Crippen LogP contribution in [-0.4, -0.2) is 30.1 Å². The third kappa shape index (κ3) is 3.93. The summed E-state index contributed by atoms with van der Waals surface area (Å²) in [5.74, 6) is 1.11. The van der Waals surface area contributed by atoms with E-state index in [0.717, 1.165) is 12.1 Å². The van der Waals surface area contributed by atoms with Crippen LogP contribution in [0.1, 0.15) is 32.9 Å². The maximum Gasteiger partial charge on any atom is 0.278 e. The highest BCUT2D eigenvalue weighted by atomic mass is 35.5. The van der Waals surface area contributed by atoms with Crippen molar-refractivity contribution in [1.82, 2.24) is 24.5 Å². The van der Waals surface area contributed by atoms with Gasteiger partial charge in [0.2, 0.25) is 5.82 Å². The van der Waals surface area contributed by atoms with Crippen molar-refractivity contribution in [2.75, 3.05) is 0 Å². The molecule has 0 bridgehead atoms. The van der Waals surface area contributed by atoms with Crippen LogP contribution in [0.15, 0.2) is 35.2 Å². The SMILES string of the molecule is CCC(C)(C)Oc1cc(Cl)c(-c2noc(-c3cn4cc(C)ncc4n3)n2)cc1Cl. The highest BCUT2D eigenvalue weighted by Gasteiger charge is 2.22. The van der Waals surface area contributed by atoms with E-state index in [4.69, 9.17) is 32.5 Å². The van der Waals surface area contributed by atoms with Crippen molar-refractivity contribution in [1.29, 1.82) is 0 Å². The van der Waals surface area contributed by atoms with Gasteiger partial charge in [-0.2, -0.15) is 4.98 Å². The van der Waals surface area contributed by atoms with Gasteiger partial charge in [-0.1, -0.05) is 35.3 Å². The number of benzene rings is 1. The molecule has 0 aliphatic carbocycles. The molecule has 4 rings (SSSR count). The molecule has 0 fully saturated rings. The Morgan fingerprint density at radius 1 is 1.14 bits per heavy atom. The molecule has 0 saturated carbocycles. The highest BCUT2D eigenvalue weighted by Crippen LogP contribution is 2.38. The predicted molar refractivity (Wildman–Crippen MR) is 111 cm³/mol. The van der Waals surface area contributed by atoms with Crippen molar-refractivity contribution in [3.63, 3.8) is 0 Å². The van der Waals surface area contributed by atoms with Crippen molar-refractivity contribution >= 4 is 28.8 Å². The number of aryl methyl sites for hydroxylation is 1. The van der Waals surface area contributed by atoms with E-state index in [-0.39, 0.29) is 11.5 Å². The quantitative estimate of drug-likeness (QED) is 0.407. The Labute approximate surface area is 177 Å². The summed E-state index contributed by atoms with van der Waals surface area (Å²) >= 11 is 12.9. The Morgan fingerprint density at radius 3 is 2.69 bits per heavy atom. The summed E-state index contributed by atoms with van der Waals surface area (Å²) in [5.41, 5.74) is 2.30. The summed E-state index contributed by atoms with van der Waals surface area (Å²) in [7, 11) is 0. The molecule has 0 radical (unpaired) electrons. The largest absolute Gasteiger partial charge is 0.486 e. The van der Waals surface area contributed by atoms with E-state index < -0.39 is 0 Å². The molecule has 0 saturated heterocycles. The van der Waals surface area contributed by atoms with Crippen LogP contribution in [0.3, 0.4) is 0 Å². The van der Waals surface area contributed by atoms with Crippen LogP contribution >= 0.6 is 23.2 Å². The van der Waals surface area contributed by atoms with Crippen LogP contribution in [0.25, 0.3) is 28.6 Å². The zero-order chi connectivity index (χ0) is 20.8. The Bertz CT molecular complexity index is 1200. The Morgan fingerprint density at radius 2 is 1.93 bits per heavy atom. The van der Waals surface area contributed by atoms with Crippen molar-refractivity contribution in [2.45, 2.75) is 39.7 Å². The lowest BCUT2D eigenvalue weighted by Gasteiger charge is -2.25. The average molecular weight is 432 g/mol. The third-order valence-corrected chi connectivity index (χ3v) is 5.22. The van der Waals surface area contributed by atoms with Gasteiger partial charge in [0.05, 0.1) is 21.9 Å². The first-order valence-corrected chi connectivity index (χ1v) is 9.85. The first-order valence-electron chi connectivity index (χ1n) is 9.09. The number of imidazole rings is 1. The molecule has 0 aliphatic heterocycles. The van der Waals surface area contributed by atoms with E-state index in [0.29, 0.717) is 38.5 Å². The summed E-state index contributed by atoms with van der Waals surface area (Å²) in [6.07, 6.45) is 6.18. The summed E-state index contributed by atoms with van der Waals surface area (Å²) in [6.45, 7) is 7.93. The van der Waals surface area contributed by atoms with Crippen LogP contribution in [0.2, 0.25) is 10.0 Å². The highest BCUT2D eigenvalue weighted by molar-refractivity contribution is 6.36. The van der Waals surface area contributed by atoms with E-state index in [1.165, 1.54) is 0 Å². The maximum absolute atomic E-state index is 6.46. The lowest BCUT2D eigenvalue weighted by Crippen LogP contribution is -2.26. The second kappa shape index (κ2) is 7.31. The zero-order valence-corrected chi connectivity index (χ0v) is 17.9. The standard InChI is InChI=1S/C20H19Cl2N5O2/c1-5-20(3,4)28-16-7-13(21)12(6-14(16)22)18-25-19(29-26-18)15-10-27-9-11(2)23-8-17(27)24-15/h6-10H,5H2,1-4H3. The van der Waals surface area contributed by atoms with E-state index in [9.17, 15) is 0 Å². The van der Waals surface area contributed by atoms with Gasteiger partial charge in [-0.15, -0.1) is 0 Å². The molecule has 3 aromatic heterocycles. The van der Waals surface area contributed by atoms with Gasteiger partial charge in [0.15, 0.2) is 5.65 Å². The number of hydrogen-bond donors (Lipinski definition) is 0. The number of aromatic nitrogens is 5. The maximum atomic E-state index is 6.46. The number of rotatable bonds is 5. The monoisotopic (exact) mass is 431 g/mol. The molecule has 0 aliphatic rings. The Hall–Kier alpha value is -2.64. The lowest BCUT2D eigenvalue weighted by molar-refractivity contribution is 0.105. The van der Waals surface area contributed by atoms with Crippen molar-refractivity contribution in [3.05, 3.63) is 46.5 Å². The van der Waals surface area contributed by atoms with Crippen LogP contribution in [0, 0.1) is 6.92 Å². The van der Waals surface area contributed by atoms with E-state index in [1.807, 2.05) is 38.3 Å². The minimum Gasteiger partial charge on any atom is -0.486 e. The van der Waals surface area contributed by atoms with Gasteiger partial charge in [0, 0.05) is 24.0 Å². The van der Waals surface area contributed by atoms with E-state index >= 15 is 0 Å². The average Bonchev–Trinajstić information content (AvgIpc) is 3.30. The second-order valence-electron chi connectivity index (χ2n) is 7.32. The van der Waals surface area contributed by atoms with Crippen LogP contribution in [-0.2, 0) is 0 Å². The topological polar surface area (TPSA) is 78.3 Å². The first-order chi connectivity index (χ1) is 13.8. The molecule has 0 atom stereocenters. The molecule has 29 heavy (non-hydrogen) atoms. The molecular weight excluding hydrogens is 413 g/mol. The molecule has 0 amide bonds. The van der Waals surface area contributed by atoms with Crippen LogP contribution in [0.4, 0.5) is 0 Å². The number of hydrogen-bond acceptors (Lipinski definition) is 6. The summed E-state index contributed by atoms with van der Waals surface area (Å²) in [4.78, 5) is 13.1. The Kier molecular flexibility index (Phi) is 4.96. The summed E-state index contributed by atoms with van der Waals surface area (Å²) in [6, 6.07) is 3.35. The minimum atomic E-state index is -0.357. The summed E-state index contributed by atoms with van der Waals surface area (Å²) in [5, 5.41) is 4.88. The van der Waals surface area contributed by atoms with Crippen LogP contribution < -0.4 is 4.74 Å². The smallest absolute Gasteiger partial charge is 0.278 e. The molecule has 150 valence electrons. The molecule has 7 nitrogen and oxygen atoms in total. The molecular formula is C20H19Cl2N5O2. The minimum absolute atomic E-state index is 0.279. The zero-order valence-electron chi connectivity index (χ0n) is 16.4. The third-order valence-electron chi connectivity index (χ3n) is 4.62. The fraction of sp³-hybridized carbons (Fsp3) is 0.300. The van der Waals surface area contributed by atoms with Gasteiger partial charge in [-0.3, -0.25) is 4.98 Å². The molecule has 4 aromatic rings. The summed E-state index contributed by atoms with van der Waals surface area (Å²) < 4.78 is 13.2. The van der Waals surface area contributed by atoms with Gasteiger partial charge in [0.25, 0.3) is 5.89 Å². The van der Waals surface area contributed by atoms with E-state index in [1.54, 1.807) is 24.5 Å². The number of halogens is 2. The van der Waals surface area contributed by atoms with Gasteiger partial charge >= 0.3 is 0 Å². The molecule has 0 unspecified atom stereocenters. The van der Waals surface area contributed by atoms with Crippen molar-refractivity contribution < 1.29 is 9.26 Å². The van der Waals surface area contributed by atoms with Gasteiger partial charge in [0.1, 0.15) is 17.0 Å². The number of nitrogens with zero attached hydrogens (tertiary/aromatic N) is 5. The predicted octanol–water partition coefficient (Wildman–Crippen LogP) is 5.63. The molecule has 0 spiro atoms. The van der Waals surface area contributed by atoms with Gasteiger partial charge < -0.3 is 13.7 Å². The Balaban J connectivity index is 1.67. The molecule has 0 N–H and O–H groups in total. The number of fused-ring (bicyclic) bond motifs is 1. The normalized spacial score (nSPS) is 11.9. The first kappa shape index (κ1) is 19.7. The molecule has 9 heteroatoms. The lowest BCUT2D eigenvalue weighted by atomic mass is 10.1. The van der Waals surface area contributed by atoms with Crippen molar-refractivity contribution in [2.24, 2.45) is 0 Å². The number of ether oxygens (including phenoxy) is 1. The fourth-order valence-electron chi connectivity index (χ4n) is 2.69. The van der Waals surface area contributed by atoms with Gasteiger partial charge in [-0.25, -0.2) is 4.98 Å². The van der Waals surface area contributed by atoms with E-state index in [2.05, 4.69) is 20.1 Å².